The summed E-state index contributed by atoms with van der Waals surface area (Å²) < 4.78 is 21.4. The van der Waals surface area contributed by atoms with E-state index in [2.05, 4.69) is 5.32 Å². The Morgan fingerprint density at radius 1 is 1.03 bits per heavy atom. The lowest BCUT2D eigenvalue weighted by molar-refractivity contribution is 0.0527. The first-order valence-corrected chi connectivity index (χ1v) is 11.7. The van der Waals surface area contributed by atoms with Crippen molar-refractivity contribution >= 4 is 45.8 Å². The largest absolute Gasteiger partial charge is 0.486 e. The summed E-state index contributed by atoms with van der Waals surface area (Å²) in [5.41, 5.74) is 1.37. The Morgan fingerprint density at radius 2 is 1.74 bits per heavy atom. The number of amides is 1. The van der Waals surface area contributed by atoms with E-state index < -0.39 is 17.8 Å². The van der Waals surface area contributed by atoms with Crippen LogP contribution in [0, 0.1) is 13.8 Å². The highest BCUT2D eigenvalue weighted by Gasteiger charge is 2.28. The zero-order valence-electron chi connectivity index (χ0n) is 19.2. The Morgan fingerprint density at radius 3 is 2.41 bits per heavy atom. The highest BCUT2D eigenvalue weighted by Crippen LogP contribution is 2.35. The van der Waals surface area contributed by atoms with Crippen molar-refractivity contribution in [1.29, 1.82) is 0 Å². The molecular weight excluding hydrogens is 482 g/mol. The number of carbonyl (C=O) groups is 3. The van der Waals surface area contributed by atoms with Crippen LogP contribution in [-0.4, -0.2) is 31.1 Å². The van der Waals surface area contributed by atoms with Crippen LogP contribution in [0.5, 0.6) is 5.75 Å². The molecule has 0 atom stereocenters. The summed E-state index contributed by atoms with van der Waals surface area (Å²) in [6.45, 7) is 7.25. The Kier molecular flexibility index (Phi) is 8.36. The van der Waals surface area contributed by atoms with Crippen molar-refractivity contribution in [3.8, 4) is 5.75 Å². The second-order valence-corrected chi connectivity index (χ2v) is 8.55. The third-order valence-electron chi connectivity index (χ3n) is 4.71. The molecule has 3 rings (SSSR count). The molecule has 8 nitrogen and oxygen atoms in total. The summed E-state index contributed by atoms with van der Waals surface area (Å²) in [4.78, 5) is 37.8. The van der Waals surface area contributed by atoms with E-state index in [1.165, 1.54) is 6.07 Å². The number of aryl methyl sites for hydroxylation is 1. The van der Waals surface area contributed by atoms with Gasteiger partial charge in [0.05, 0.1) is 18.8 Å². The molecule has 0 fully saturated rings. The first-order chi connectivity index (χ1) is 16.2. The van der Waals surface area contributed by atoms with Gasteiger partial charge in [0, 0.05) is 5.02 Å². The minimum absolute atomic E-state index is 0.0180. The van der Waals surface area contributed by atoms with E-state index in [1.54, 1.807) is 45.0 Å². The summed E-state index contributed by atoms with van der Waals surface area (Å²) in [5.74, 6) is -0.748. The quantitative estimate of drug-likeness (QED) is 0.366. The topological polar surface area (TPSA) is 104 Å². The van der Waals surface area contributed by atoms with Crippen LogP contribution in [0.4, 0.5) is 5.00 Å². The lowest BCUT2D eigenvalue weighted by atomic mass is 10.1. The van der Waals surface area contributed by atoms with E-state index in [0.717, 1.165) is 16.9 Å². The van der Waals surface area contributed by atoms with Crippen molar-refractivity contribution in [2.24, 2.45) is 0 Å². The number of nitrogens with one attached hydrogen (secondary N) is 1. The number of ether oxygens (including phenoxy) is 3. The van der Waals surface area contributed by atoms with Crippen LogP contribution in [0.1, 0.15) is 61.3 Å². The van der Waals surface area contributed by atoms with E-state index in [1.807, 2.05) is 6.92 Å². The van der Waals surface area contributed by atoms with Crippen molar-refractivity contribution in [3.63, 3.8) is 0 Å². The number of hydrogen-bond acceptors (Lipinski definition) is 8. The molecule has 0 aliphatic heterocycles. The van der Waals surface area contributed by atoms with Gasteiger partial charge in [-0.2, -0.15) is 0 Å². The third kappa shape index (κ3) is 5.78. The van der Waals surface area contributed by atoms with Crippen molar-refractivity contribution < 1.29 is 33.0 Å². The van der Waals surface area contributed by atoms with Crippen molar-refractivity contribution in [1.82, 2.24) is 0 Å². The monoisotopic (exact) mass is 505 g/mol. The van der Waals surface area contributed by atoms with Gasteiger partial charge in [-0.3, -0.25) is 4.79 Å². The first kappa shape index (κ1) is 25.3. The zero-order valence-corrected chi connectivity index (χ0v) is 20.7. The summed E-state index contributed by atoms with van der Waals surface area (Å²) in [6, 6.07) is 8.40. The van der Waals surface area contributed by atoms with E-state index in [-0.39, 0.29) is 41.0 Å². The number of halogens is 1. The second-order valence-electron chi connectivity index (χ2n) is 7.12. The number of rotatable bonds is 9. The fourth-order valence-electron chi connectivity index (χ4n) is 3.05. The van der Waals surface area contributed by atoms with Crippen LogP contribution < -0.4 is 10.1 Å². The fraction of sp³-hybridized carbons (Fsp3) is 0.292. The molecule has 2 aromatic heterocycles. The number of hydrogen-bond donors (Lipinski definition) is 1. The van der Waals surface area contributed by atoms with Crippen LogP contribution in [-0.2, 0) is 16.1 Å². The molecule has 10 heteroatoms. The van der Waals surface area contributed by atoms with Gasteiger partial charge < -0.3 is 23.9 Å². The molecule has 0 aliphatic rings. The molecule has 180 valence electrons. The van der Waals surface area contributed by atoms with Crippen LogP contribution >= 0.6 is 22.9 Å². The zero-order chi connectivity index (χ0) is 24.8. The van der Waals surface area contributed by atoms with Gasteiger partial charge in [0.25, 0.3) is 5.91 Å². The van der Waals surface area contributed by atoms with E-state index in [9.17, 15) is 14.4 Å². The maximum absolute atomic E-state index is 12.8. The molecule has 1 amide bonds. The van der Waals surface area contributed by atoms with Gasteiger partial charge in [0.2, 0.25) is 0 Å². The summed E-state index contributed by atoms with van der Waals surface area (Å²) in [7, 11) is 0. The number of anilines is 1. The normalized spacial score (nSPS) is 10.6. The maximum atomic E-state index is 12.8. The number of thiophene rings is 1. The lowest BCUT2D eigenvalue weighted by Crippen LogP contribution is -2.14. The van der Waals surface area contributed by atoms with Crippen LogP contribution in [0.2, 0.25) is 5.02 Å². The van der Waals surface area contributed by atoms with E-state index in [0.29, 0.717) is 22.1 Å². The van der Waals surface area contributed by atoms with Crippen molar-refractivity contribution in [2.75, 3.05) is 18.5 Å². The molecule has 0 aliphatic carbocycles. The molecule has 34 heavy (non-hydrogen) atoms. The van der Waals surface area contributed by atoms with Crippen molar-refractivity contribution in [2.45, 2.75) is 34.3 Å². The standard InChI is InChI=1S/C24H24ClNO7S/c1-5-30-23(28)19-14(4)20(24(29)31-6-2)34-22(19)26-21(27)18-10-8-16(33-18)12-32-15-7-9-17(25)13(3)11-15/h7-11H,5-6,12H2,1-4H3,(H,26,27). The van der Waals surface area contributed by atoms with Gasteiger partial charge in [0.15, 0.2) is 5.76 Å². The predicted octanol–water partition coefficient (Wildman–Crippen LogP) is 5.80. The molecular formula is C24H24ClNO7S. The van der Waals surface area contributed by atoms with Gasteiger partial charge in [-0.05, 0) is 69.2 Å². The average Bonchev–Trinajstić information content (AvgIpc) is 3.39. The van der Waals surface area contributed by atoms with E-state index >= 15 is 0 Å². The third-order valence-corrected chi connectivity index (χ3v) is 6.32. The van der Waals surface area contributed by atoms with Gasteiger partial charge >= 0.3 is 11.9 Å². The van der Waals surface area contributed by atoms with Gasteiger partial charge in [0.1, 0.15) is 28.0 Å². The number of esters is 2. The van der Waals surface area contributed by atoms with Crippen molar-refractivity contribution in [3.05, 3.63) is 68.4 Å². The fourth-order valence-corrected chi connectivity index (χ4v) is 4.25. The molecule has 0 saturated carbocycles. The Balaban J connectivity index is 1.76. The highest BCUT2D eigenvalue weighted by atomic mass is 35.5. The Hall–Kier alpha value is -3.30. The van der Waals surface area contributed by atoms with Crippen LogP contribution in [0.3, 0.4) is 0 Å². The molecule has 0 bridgehead atoms. The van der Waals surface area contributed by atoms with Gasteiger partial charge in [-0.1, -0.05) is 11.6 Å². The lowest BCUT2D eigenvalue weighted by Gasteiger charge is -2.07. The van der Waals surface area contributed by atoms with E-state index in [4.69, 9.17) is 30.2 Å². The first-order valence-electron chi connectivity index (χ1n) is 10.5. The molecule has 0 spiro atoms. The molecule has 1 aromatic carbocycles. The minimum Gasteiger partial charge on any atom is -0.486 e. The highest BCUT2D eigenvalue weighted by molar-refractivity contribution is 7.18. The second kappa shape index (κ2) is 11.2. The average molecular weight is 506 g/mol. The van der Waals surface area contributed by atoms with Crippen LogP contribution in [0.15, 0.2) is 34.7 Å². The molecule has 1 N–H and O–H groups in total. The smallest absolute Gasteiger partial charge is 0.348 e. The SMILES string of the molecule is CCOC(=O)c1sc(NC(=O)c2ccc(COc3ccc(Cl)c(C)c3)o2)c(C(=O)OCC)c1C. The summed E-state index contributed by atoms with van der Waals surface area (Å²) in [6.07, 6.45) is 0. The predicted molar refractivity (Wildman–Crippen MR) is 128 cm³/mol. The number of carbonyl (C=O) groups excluding carboxylic acids is 3. The Bertz CT molecular complexity index is 1210. The minimum atomic E-state index is -0.645. The summed E-state index contributed by atoms with van der Waals surface area (Å²) >= 11 is 6.97. The number of benzene rings is 1. The van der Waals surface area contributed by atoms with Gasteiger partial charge in [-0.25, -0.2) is 9.59 Å². The molecule has 2 heterocycles. The van der Waals surface area contributed by atoms with Crippen LogP contribution in [0.25, 0.3) is 0 Å². The van der Waals surface area contributed by atoms with Gasteiger partial charge in [-0.15, -0.1) is 11.3 Å². The Labute approximate surface area is 205 Å². The molecule has 0 unspecified atom stereocenters. The number of furan rings is 1. The molecule has 3 aromatic rings. The maximum Gasteiger partial charge on any atom is 0.348 e. The molecule has 0 radical (unpaired) electrons. The molecule has 0 saturated heterocycles. The summed E-state index contributed by atoms with van der Waals surface area (Å²) in [5, 5.41) is 3.46.